The van der Waals surface area contributed by atoms with Crippen molar-refractivity contribution in [3.8, 4) is 5.75 Å². The molecule has 146 valence electrons. The average molecular weight is 389 g/mol. The Bertz CT molecular complexity index is 694. The largest absolute Gasteiger partial charge is 0.489 e. The summed E-state index contributed by atoms with van der Waals surface area (Å²) in [5, 5.41) is 3.45. The fourth-order valence-electron chi connectivity index (χ4n) is 3.96. The van der Waals surface area contributed by atoms with E-state index in [2.05, 4.69) is 44.4 Å². The lowest BCUT2D eigenvalue weighted by Gasteiger charge is -2.32. The van der Waals surface area contributed by atoms with Crippen LogP contribution in [0.15, 0.2) is 48.8 Å². The van der Waals surface area contributed by atoms with Crippen LogP contribution in [0.5, 0.6) is 5.75 Å². The van der Waals surface area contributed by atoms with Gasteiger partial charge in [0.15, 0.2) is 0 Å². The van der Waals surface area contributed by atoms with Gasteiger partial charge < -0.3 is 10.1 Å². The summed E-state index contributed by atoms with van der Waals surface area (Å²) in [5.41, 5.74) is 2.37. The lowest BCUT2D eigenvalue weighted by Crippen LogP contribution is -2.49. The van der Waals surface area contributed by atoms with Crippen molar-refractivity contribution in [2.24, 2.45) is 0 Å². The Balaban J connectivity index is 0.00000210. The van der Waals surface area contributed by atoms with Gasteiger partial charge in [0, 0.05) is 75.4 Å². The lowest BCUT2D eigenvalue weighted by atomic mass is 10.2. The highest BCUT2D eigenvalue weighted by molar-refractivity contribution is 5.85. The highest BCUT2D eigenvalue weighted by Crippen LogP contribution is 2.24. The zero-order valence-corrected chi connectivity index (χ0v) is 16.5. The van der Waals surface area contributed by atoms with Crippen molar-refractivity contribution < 1.29 is 4.74 Å². The first kappa shape index (κ1) is 20.1. The molecule has 6 heteroatoms. The minimum Gasteiger partial charge on any atom is -0.489 e. The van der Waals surface area contributed by atoms with E-state index in [9.17, 15) is 0 Å². The van der Waals surface area contributed by atoms with Gasteiger partial charge in [-0.3, -0.25) is 14.8 Å². The molecule has 1 aromatic carbocycles. The minimum atomic E-state index is 0. The molecular formula is C21H29ClN4O. The van der Waals surface area contributed by atoms with Gasteiger partial charge in [-0.15, -0.1) is 12.4 Å². The molecule has 27 heavy (non-hydrogen) atoms. The first-order chi connectivity index (χ1) is 12.9. The van der Waals surface area contributed by atoms with Gasteiger partial charge in [-0.2, -0.15) is 0 Å². The summed E-state index contributed by atoms with van der Waals surface area (Å²) in [6.45, 7) is 8.48. The van der Waals surface area contributed by atoms with Crippen LogP contribution in [-0.2, 0) is 13.2 Å². The van der Waals surface area contributed by atoms with Crippen molar-refractivity contribution in [2.45, 2.75) is 25.6 Å². The summed E-state index contributed by atoms with van der Waals surface area (Å²) in [4.78, 5) is 9.38. The summed E-state index contributed by atoms with van der Waals surface area (Å²) in [5.74, 6) is 0.988. The van der Waals surface area contributed by atoms with Crippen LogP contribution in [0.2, 0.25) is 0 Å². The van der Waals surface area contributed by atoms with Crippen LogP contribution in [0.4, 0.5) is 0 Å². The number of nitrogens with zero attached hydrogens (tertiary/aromatic N) is 3. The molecule has 1 aromatic heterocycles. The number of para-hydroxylation sites is 1. The molecule has 0 radical (unpaired) electrons. The molecule has 4 rings (SSSR count). The lowest BCUT2D eigenvalue weighted by molar-refractivity contribution is 0.170. The topological polar surface area (TPSA) is 40.6 Å². The number of piperazine rings is 1. The molecule has 1 atom stereocenters. The maximum absolute atomic E-state index is 6.09. The van der Waals surface area contributed by atoms with Gasteiger partial charge in [0.1, 0.15) is 12.4 Å². The first-order valence-electron chi connectivity index (χ1n) is 9.65. The Morgan fingerprint density at radius 2 is 1.93 bits per heavy atom. The van der Waals surface area contributed by atoms with Crippen LogP contribution >= 0.6 is 12.4 Å². The van der Waals surface area contributed by atoms with Gasteiger partial charge in [-0.1, -0.05) is 24.3 Å². The van der Waals surface area contributed by atoms with E-state index < -0.39 is 0 Å². The summed E-state index contributed by atoms with van der Waals surface area (Å²) >= 11 is 0. The van der Waals surface area contributed by atoms with Crippen LogP contribution in [-0.4, -0.2) is 60.1 Å². The van der Waals surface area contributed by atoms with E-state index in [4.69, 9.17) is 4.74 Å². The first-order valence-corrected chi connectivity index (χ1v) is 9.65. The maximum Gasteiger partial charge on any atom is 0.124 e. The molecule has 2 aliphatic heterocycles. The number of hydrogen-bond donors (Lipinski definition) is 1. The molecule has 2 fully saturated rings. The number of pyridine rings is 1. The molecule has 3 heterocycles. The Morgan fingerprint density at radius 1 is 1.07 bits per heavy atom. The van der Waals surface area contributed by atoms with Crippen molar-refractivity contribution in [2.75, 3.05) is 39.3 Å². The van der Waals surface area contributed by atoms with E-state index in [0.29, 0.717) is 12.6 Å². The Hall–Kier alpha value is -1.66. The van der Waals surface area contributed by atoms with Gasteiger partial charge in [0.05, 0.1) is 0 Å². The quantitative estimate of drug-likeness (QED) is 0.823. The van der Waals surface area contributed by atoms with E-state index in [-0.39, 0.29) is 12.4 Å². The second-order valence-electron chi connectivity index (χ2n) is 7.22. The third kappa shape index (κ3) is 5.42. The van der Waals surface area contributed by atoms with E-state index in [1.54, 1.807) is 6.20 Å². The van der Waals surface area contributed by atoms with Gasteiger partial charge in [-0.25, -0.2) is 0 Å². The molecule has 1 N–H and O–H groups in total. The number of rotatable bonds is 6. The third-order valence-corrected chi connectivity index (χ3v) is 5.40. The van der Waals surface area contributed by atoms with Gasteiger partial charge in [0.2, 0.25) is 0 Å². The van der Waals surface area contributed by atoms with Crippen molar-refractivity contribution in [1.82, 2.24) is 20.1 Å². The molecule has 2 saturated heterocycles. The second kappa shape index (κ2) is 10.0. The van der Waals surface area contributed by atoms with E-state index in [1.807, 2.05) is 18.3 Å². The zero-order valence-electron chi connectivity index (χ0n) is 15.7. The summed E-state index contributed by atoms with van der Waals surface area (Å²) in [6.07, 6.45) is 4.93. The second-order valence-corrected chi connectivity index (χ2v) is 7.22. The SMILES string of the molecule is Cl.c1cncc(COc2ccccc2CN2CCC(N3CCNCC3)C2)c1. The van der Waals surface area contributed by atoms with Crippen LogP contribution in [0.1, 0.15) is 17.5 Å². The zero-order chi connectivity index (χ0) is 17.6. The standard InChI is InChI=1S/C21H28N4O.ClH/c1-2-6-21(26-17-18-4-3-8-23-14-18)19(5-1)15-24-11-7-20(16-24)25-12-9-22-10-13-25;/h1-6,8,14,20,22H,7,9-13,15-17H2;1H. The van der Waals surface area contributed by atoms with Crippen molar-refractivity contribution in [3.05, 3.63) is 59.9 Å². The van der Waals surface area contributed by atoms with Gasteiger partial charge >= 0.3 is 0 Å². The Kier molecular flexibility index (Phi) is 7.47. The van der Waals surface area contributed by atoms with E-state index >= 15 is 0 Å². The monoisotopic (exact) mass is 388 g/mol. The maximum atomic E-state index is 6.09. The summed E-state index contributed by atoms with van der Waals surface area (Å²) in [6, 6.07) is 13.1. The third-order valence-electron chi connectivity index (χ3n) is 5.40. The average Bonchev–Trinajstić information content (AvgIpc) is 3.17. The fraction of sp³-hybridized carbons (Fsp3) is 0.476. The molecule has 2 aromatic rings. The predicted molar refractivity (Wildman–Crippen MR) is 110 cm³/mol. The van der Waals surface area contributed by atoms with Crippen LogP contribution in [0.3, 0.4) is 0 Å². The Labute approximate surface area is 168 Å². The smallest absolute Gasteiger partial charge is 0.124 e. The number of ether oxygens (including phenoxy) is 1. The molecule has 1 unspecified atom stereocenters. The fourth-order valence-corrected chi connectivity index (χ4v) is 3.96. The highest BCUT2D eigenvalue weighted by Gasteiger charge is 2.28. The number of benzene rings is 1. The molecule has 0 amide bonds. The van der Waals surface area contributed by atoms with Crippen molar-refractivity contribution in [1.29, 1.82) is 0 Å². The van der Waals surface area contributed by atoms with Crippen molar-refractivity contribution >= 4 is 12.4 Å². The predicted octanol–water partition coefficient (Wildman–Crippen LogP) is 2.56. The Morgan fingerprint density at radius 3 is 2.74 bits per heavy atom. The van der Waals surface area contributed by atoms with Crippen LogP contribution < -0.4 is 10.1 Å². The van der Waals surface area contributed by atoms with Gasteiger partial charge in [0.25, 0.3) is 0 Å². The molecule has 2 aliphatic rings. The molecule has 0 bridgehead atoms. The number of nitrogens with one attached hydrogen (secondary N) is 1. The summed E-state index contributed by atoms with van der Waals surface area (Å²) in [7, 11) is 0. The number of hydrogen-bond acceptors (Lipinski definition) is 5. The number of likely N-dealkylation sites (tertiary alicyclic amines) is 1. The molecule has 0 saturated carbocycles. The molecule has 0 aliphatic carbocycles. The number of aromatic nitrogens is 1. The molecule has 0 spiro atoms. The highest BCUT2D eigenvalue weighted by atomic mass is 35.5. The van der Waals surface area contributed by atoms with E-state index in [1.165, 1.54) is 31.6 Å². The summed E-state index contributed by atoms with van der Waals surface area (Å²) < 4.78 is 6.09. The van der Waals surface area contributed by atoms with Crippen LogP contribution in [0.25, 0.3) is 0 Å². The molecular weight excluding hydrogens is 360 g/mol. The minimum absolute atomic E-state index is 0. The van der Waals surface area contributed by atoms with Gasteiger partial charge in [-0.05, 0) is 18.6 Å². The molecule has 5 nitrogen and oxygen atoms in total. The van der Waals surface area contributed by atoms with E-state index in [0.717, 1.165) is 37.5 Å². The number of halogens is 1. The van der Waals surface area contributed by atoms with Crippen LogP contribution in [0, 0.1) is 0 Å². The van der Waals surface area contributed by atoms with Crippen molar-refractivity contribution in [3.63, 3.8) is 0 Å². The normalized spacial score (nSPS) is 21.0.